The Kier molecular flexibility index (Phi) is 5.10. The van der Waals surface area contributed by atoms with Crippen LogP contribution in [0.25, 0.3) is 11.4 Å². The predicted molar refractivity (Wildman–Crippen MR) is 106 cm³/mol. The van der Waals surface area contributed by atoms with E-state index in [1.807, 2.05) is 54.3 Å². The number of anilines is 1. The molecule has 1 aliphatic rings. The second-order valence-electron chi connectivity index (χ2n) is 6.80. The molecule has 6 heteroatoms. The highest BCUT2D eigenvalue weighted by Crippen LogP contribution is 2.34. The molecule has 1 saturated heterocycles. The molecule has 0 radical (unpaired) electrons. The average molecular weight is 377 g/mol. The van der Waals surface area contributed by atoms with Crippen molar-refractivity contribution in [2.24, 2.45) is 0 Å². The van der Waals surface area contributed by atoms with Gasteiger partial charge in [-0.15, -0.1) is 0 Å². The number of hydrogen-bond acceptors (Lipinski definition) is 5. The second-order valence-corrected chi connectivity index (χ2v) is 6.80. The molecule has 0 spiro atoms. The fraction of sp³-hybridized carbons (Fsp3) is 0.318. The fourth-order valence-corrected chi connectivity index (χ4v) is 3.59. The first-order valence-electron chi connectivity index (χ1n) is 9.64. The SMILES string of the molecule is CCOc1cccc(-c2noc(C3CC(=O)N(c4ccccc4CC)C3)n2)c1. The van der Waals surface area contributed by atoms with Crippen molar-refractivity contribution in [1.82, 2.24) is 10.1 Å². The molecule has 0 N–H and O–H groups in total. The molecule has 1 fully saturated rings. The van der Waals surface area contributed by atoms with Crippen molar-refractivity contribution in [2.45, 2.75) is 32.6 Å². The van der Waals surface area contributed by atoms with Crippen LogP contribution in [-0.4, -0.2) is 29.2 Å². The van der Waals surface area contributed by atoms with E-state index >= 15 is 0 Å². The molecule has 1 aliphatic heterocycles. The minimum Gasteiger partial charge on any atom is -0.494 e. The summed E-state index contributed by atoms with van der Waals surface area (Å²) >= 11 is 0. The summed E-state index contributed by atoms with van der Waals surface area (Å²) in [6.45, 7) is 5.19. The lowest BCUT2D eigenvalue weighted by Gasteiger charge is -2.19. The Morgan fingerprint density at radius 1 is 1.18 bits per heavy atom. The molecule has 0 aliphatic carbocycles. The topological polar surface area (TPSA) is 68.5 Å². The zero-order valence-electron chi connectivity index (χ0n) is 16.1. The van der Waals surface area contributed by atoms with Crippen LogP contribution in [0.2, 0.25) is 0 Å². The van der Waals surface area contributed by atoms with Crippen LogP contribution >= 0.6 is 0 Å². The molecular weight excluding hydrogens is 354 g/mol. The van der Waals surface area contributed by atoms with Gasteiger partial charge < -0.3 is 14.2 Å². The number of nitrogens with zero attached hydrogens (tertiary/aromatic N) is 3. The predicted octanol–water partition coefficient (Wildman–Crippen LogP) is 4.22. The average Bonchev–Trinajstić information content (AvgIpc) is 3.35. The van der Waals surface area contributed by atoms with Crippen LogP contribution in [0, 0.1) is 0 Å². The molecule has 4 rings (SSSR count). The number of aromatic nitrogens is 2. The van der Waals surface area contributed by atoms with Crippen molar-refractivity contribution >= 4 is 11.6 Å². The van der Waals surface area contributed by atoms with E-state index in [4.69, 9.17) is 9.26 Å². The Morgan fingerprint density at radius 3 is 2.86 bits per heavy atom. The molecule has 144 valence electrons. The Morgan fingerprint density at radius 2 is 2.04 bits per heavy atom. The summed E-state index contributed by atoms with van der Waals surface area (Å²) in [5.74, 6) is 1.76. The van der Waals surface area contributed by atoms with Gasteiger partial charge >= 0.3 is 0 Å². The van der Waals surface area contributed by atoms with Crippen LogP contribution in [0.4, 0.5) is 5.69 Å². The molecule has 1 atom stereocenters. The zero-order chi connectivity index (χ0) is 19.5. The number of aryl methyl sites for hydroxylation is 1. The van der Waals surface area contributed by atoms with E-state index < -0.39 is 0 Å². The summed E-state index contributed by atoms with van der Waals surface area (Å²) in [4.78, 5) is 19.0. The largest absolute Gasteiger partial charge is 0.494 e. The number of carbonyl (C=O) groups is 1. The minimum absolute atomic E-state index is 0.0870. The standard InChI is InChI=1S/C22H23N3O3/c1-3-15-8-5-6-11-19(15)25-14-17(13-20(25)26)22-23-21(24-28-22)16-9-7-10-18(12-16)27-4-2/h5-12,17H,3-4,13-14H2,1-2H3. The summed E-state index contributed by atoms with van der Waals surface area (Å²) in [6, 6.07) is 15.6. The third-order valence-corrected chi connectivity index (χ3v) is 4.98. The van der Waals surface area contributed by atoms with Gasteiger partial charge in [0.25, 0.3) is 0 Å². The molecule has 0 saturated carbocycles. The van der Waals surface area contributed by atoms with Crippen molar-refractivity contribution in [3.8, 4) is 17.1 Å². The van der Waals surface area contributed by atoms with E-state index in [1.54, 1.807) is 0 Å². The highest BCUT2D eigenvalue weighted by atomic mass is 16.5. The number of rotatable bonds is 6. The number of hydrogen-bond donors (Lipinski definition) is 0. The van der Waals surface area contributed by atoms with E-state index in [0.29, 0.717) is 31.3 Å². The fourth-order valence-electron chi connectivity index (χ4n) is 3.59. The molecule has 1 aromatic heterocycles. The van der Waals surface area contributed by atoms with Gasteiger partial charge in [-0.2, -0.15) is 4.98 Å². The summed E-state index contributed by atoms with van der Waals surface area (Å²) in [7, 11) is 0. The monoisotopic (exact) mass is 377 g/mol. The molecule has 1 unspecified atom stereocenters. The smallest absolute Gasteiger partial charge is 0.232 e. The maximum Gasteiger partial charge on any atom is 0.232 e. The van der Waals surface area contributed by atoms with Gasteiger partial charge in [-0.05, 0) is 37.1 Å². The van der Waals surface area contributed by atoms with E-state index in [1.165, 1.54) is 0 Å². The van der Waals surface area contributed by atoms with Crippen LogP contribution in [0.3, 0.4) is 0 Å². The van der Waals surface area contributed by atoms with Gasteiger partial charge in [0.05, 0.1) is 12.5 Å². The first kappa shape index (κ1) is 18.2. The van der Waals surface area contributed by atoms with Gasteiger partial charge in [0.2, 0.25) is 17.6 Å². The Bertz CT molecular complexity index is 982. The molecule has 3 aromatic rings. The Hall–Kier alpha value is -3.15. The third-order valence-electron chi connectivity index (χ3n) is 4.98. The lowest BCUT2D eigenvalue weighted by atomic mass is 10.1. The summed E-state index contributed by atoms with van der Waals surface area (Å²) in [6.07, 6.45) is 1.25. The summed E-state index contributed by atoms with van der Waals surface area (Å²) in [5, 5.41) is 4.12. The number of para-hydroxylation sites is 1. The number of carbonyl (C=O) groups excluding carboxylic acids is 1. The Balaban J connectivity index is 1.55. The molecule has 2 aromatic carbocycles. The van der Waals surface area contributed by atoms with Crippen LogP contribution in [0.15, 0.2) is 53.1 Å². The van der Waals surface area contributed by atoms with Crippen LogP contribution in [-0.2, 0) is 11.2 Å². The minimum atomic E-state index is -0.103. The lowest BCUT2D eigenvalue weighted by molar-refractivity contribution is -0.117. The maximum absolute atomic E-state index is 12.6. The second kappa shape index (κ2) is 7.84. The van der Waals surface area contributed by atoms with Gasteiger partial charge in [0, 0.05) is 24.2 Å². The van der Waals surface area contributed by atoms with Gasteiger partial charge in [0.15, 0.2) is 0 Å². The van der Waals surface area contributed by atoms with Crippen molar-refractivity contribution in [3.05, 3.63) is 60.0 Å². The van der Waals surface area contributed by atoms with Crippen molar-refractivity contribution in [1.29, 1.82) is 0 Å². The summed E-state index contributed by atoms with van der Waals surface area (Å²) < 4.78 is 11.0. The van der Waals surface area contributed by atoms with E-state index in [0.717, 1.165) is 29.0 Å². The van der Waals surface area contributed by atoms with Crippen molar-refractivity contribution in [2.75, 3.05) is 18.1 Å². The molecule has 2 heterocycles. The van der Waals surface area contributed by atoms with E-state index in [9.17, 15) is 4.79 Å². The molecule has 6 nitrogen and oxygen atoms in total. The molecule has 0 bridgehead atoms. The van der Waals surface area contributed by atoms with E-state index in [-0.39, 0.29) is 11.8 Å². The highest BCUT2D eigenvalue weighted by Gasteiger charge is 2.35. The van der Waals surface area contributed by atoms with E-state index in [2.05, 4.69) is 23.1 Å². The van der Waals surface area contributed by atoms with Gasteiger partial charge in [-0.25, -0.2) is 0 Å². The van der Waals surface area contributed by atoms with Crippen molar-refractivity contribution in [3.63, 3.8) is 0 Å². The maximum atomic E-state index is 12.6. The number of amides is 1. The number of ether oxygens (including phenoxy) is 1. The van der Waals surface area contributed by atoms with Gasteiger partial charge in [0.1, 0.15) is 5.75 Å². The highest BCUT2D eigenvalue weighted by molar-refractivity contribution is 5.97. The normalized spacial score (nSPS) is 16.6. The van der Waals surface area contributed by atoms with Gasteiger partial charge in [-0.1, -0.05) is 42.4 Å². The first-order chi connectivity index (χ1) is 13.7. The molecule has 28 heavy (non-hydrogen) atoms. The quantitative estimate of drug-likeness (QED) is 0.643. The van der Waals surface area contributed by atoms with Crippen LogP contribution in [0.5, 0.6) is 5.75 Å². The van der Waals surface area contributed by atoms with Crippen LogP contribution < -0.4 is 9.64 Å². The third kappa shape index (κ3) is 3.50. The first-order valence-corrected chi connectivity index (χ1v) is 9.64. The number of benzene rings is 2. The zero-order valence-corrected chi connectivity index (χ0v) is 16.1. The Labute approximate surface area is 164 Å². The van der Waals surface area contributed by atoms with Gasteiger partial charge in [-0.3, -0.25) is 4.79 Å². The molecular formula is C22H23N3O3. The molecule has 1 amide bonds. The summed E-state index contributed by atoms with van der Waals surface area (Å²) in [5.41, 5.74) is 2.97. The van der Waals surface area contributed by atoms with Crippen LogP contribution in [0.1, 0.15) is 37.6 Å². The lowest BCUT2D eigenvalue weighted by Crippen LogP contribution is -2.25. The van der Waals surface area contributed by atoms with Crippen molar-refractivity contribution < 1.29 is 14.1 Å².